The quantitative estimate of drug-likeness (QED) is 0.279. The molecular weight excluding hydrogens is 526 g/mol. The van der Waals surface area contributed by atoms with E-state index >= 15 is 0 Å². The summed E-state index contributed by atoms with van der Waals surface area (Å²) in [6.45, 7) is 0.898. The van der Waals surface area contributed by atoms with Gasteiger partial charge in [-0.05, 0) is 37.1 Å². The predicted octanol–water partition coefficient (Wildman–Crippen LogP) is 5.25. The highest BCUT2D eigenvalue weighted by atomic mass is 35.5. The molecule has 3 aromatic heterocycles. The lowest BCUT2D eigenvalue weighted by Crippen LogP contribution is -2.37. The summed E-state index contributed by atoms with van der Waals surface area (Å²) in [6, 6.07) is 14.3. The Labute approximate surface area is 223 Å². The van der Waals surface area contributed by atoms with Crippen molar-refractivity contribution in [3.05, 3.63) is 82.9 Å². The highest BCUT2D eigenvalue weighted by Gasteiger charge is 2.28. The molecule has 0 amide bonds. The number of ketones is 1. The number of nitrogens with one attached hydrogen (secondary N) is 2. The first kappa shape index (κ1) is 24.6. The van der Waals surface area contributed by atoms with Crippen molar-refractivity contribution in [3.63, 3.8) is 0 Å². The van der Waals surface area contributed by atoms with Crippen LogP contribution in [-0.4, -0.2) is 57.8 Å². The van der Waals surface area contributed by atoms with Crippen LogP contribution in [0.4, 0.5) is 0 Å². The third-order valence-corrected chi connectivity index (χ3v) is 8.50. The zero-order chi connectivity index (χ0) is 26.4. The molecule has 1 aliphatic heterocycles. The minimum atomic E-state index is -3.21. The van der Waals surface area contributed by atoms with Crippen LogP contribution in [0.2, 0.25) is 5.02 Å². The number of carbonyl (C=O) groups excluding carboxylic acids is 1. The van der Waals surface area contributed by atoms with Gasteiger partial charge in [-0.25, -0.2) is 22.7 Å². The number of piperidine rings is 1. The third kappa shape index (κ3) is 4.55. The molecule has 1 fully saturated rings. The molecule has 5 aromatic rings. The van der Waals surface area contributed by atoms with Crippen LogP contribution in [0.3, 0.4) is 0 Å². The maximum atomic E-state index is 13.6. The number of carbonyl (C=O) groups is 1. The van der Waals surface area contributed by atoms with Crippen LogP contribution >= 0.6 is 11.6 Å². The molecule has 0 aliphatic carbocycles. The number of benzene rings is 2. The lowest BCUT2D eigenvalue weighted by molar-refractivity contribution is 0.104. The summed E-state index contributed by atoms with van der Waals surface area (Å²) in [5, 5.41) is 0.891. The first-order valence-electron chi connectivity index (χ1n) is 12.2. The zero-order valence-electron chi connectivity index (χ0n) is 20.4. The summed E-state index contributed by atoms with van der Waals surface area (Å²) >= 11 is 6.53. The van der Waals surface area contributed by atoms with E-state index in [1.54, 1.807) is 30.6 Å². The van der Waals surface area contributed by atoms with Gasteiger partial charge in [0.15, 0.2) is 5.78 Å². The number of aromatic nitrogens is 4. The number of rotatable bonds is 6. The van der Waals surface area contributed by atoms with Gasteiger partial charge < -0.3 is 14.7 Å². The molecule has 38 heavy (non-hydrogen) atoms. The summed E-state index contributed by atoms with van der Waals surface area (Å²) in [7, 11) is -3.21. The Morgan fingerprint density at radius 1 is 1.08 bits per heavy atom. The minimum absolute atomic E-state index is 0.0835. The Bertz CT molecular complexity index is 1770. The Hall–Kier alpha value is -3.73. The summed E-state index contributed by atoms with van der Waals surface area (Å²) in [4.78, 5) is 29.4. The molecule has 2 aromatic carbocycles. The Kier molecular flexibility index (Phi) is 6.17. The number of pyridine rings is 1. The first-order chi connectivity index (χ1) is 18.3. The van der Waals surface area contributed by atoms with Crippen LogP contribution in [0.15, 0.2) is 60.9 Å². The Morgan fingerprint density at radius 2 is 1.84 bits per heavy atom. The van der Waals surface area contributed by atoms with Gasteiger partial charge >= 0.3 is 0 Å². The van der Waals surface area contributed by atoms with E-state index in [9.17, 15) is 13.2 Å². The molecule has 0 radical (unpaired) electrons. The molecule has 1 saturated heterocycles. The van der Waals surface area contributed by atoms with E-state index in [-0.39, 0.29) is 16.7 Å². The maximum absolute atomic E-state index is 13.6. The number of hydrogen-bond acceptors (Lipinski definition) is 6. The van der Waals surface area contributed by atoms with Gasteiger partial charge in [-0.1, -0.05) is 29.8 Å². The molecule has 2 N–H and O–H groups in total. The highest BCUT2D eigenvalue weighted by molar-refractivity contribution is 7.88. The Balaban J connectivity index is 1.31. The number of para-hydroxylation sites is 1. The molecule has 1 aliphatic rings. The molecule has 0 unspecified atom stereocenters. The molecule has 0 saturated carbocycles. The largest absolute Gasteiger partial charge is 0.457 e. The SMILES string of the molecule is CS(=O)(=O)N1CCC(c2nc3c(cnc4[nH]cc(C(=O)c5ccc(Oc6ccccc6)cc5Cl)c43)[nH]2)CC1. The fourth-order valence-corrected chi connectivity index (χ4v) is 6.05. The Morgan fingerprint density at radius 3 is 2.55 bits per heavy atom. The smallest absolute Gasteiger partial charge is 0.211 e. The van der Waals surface area contributed by atoms with Gasteiger partial charge in [0.05, 0.1) is 33.9 Å². The predicted molar refractivity (Wildman–Crippen MR) is 146 cm³/mol. The normalized spacial score (nSPS) is 15.3. The van der Waals surface area contributed by atoms with Crippen molar-refractivity contribution in [2.24, 2.45) is 0 Å². The molecule has 0 atom stereocenters. The number of sulfonamides is 1. The number of ether oxygens (including phenoxy) is 1. The van der Waals surface area contributed by atoms with Crippen LogP contribution in [0.25, 0.3) is 22.1 Å². The lowest BCUT2D eigenvalue weighted by atomic mass is 9.97. The van der Waals surface area contributed by atoms with Crippen molar-refractivity contribution in [2.75, 3.05) is 19.3 Å². The first-order valence-corrected chi connectivity index (χ1v) is 14.4. The molecule has 194 valence electrons. The van der Waals surface area contributed by atoms with Crippen LogP contribution in [0.1, 0.15) is 40.5 Å². The number of halogens is 1. The fraction of sp³-hybridized carbons (Fsp3) is 0.222. The summed E-state index contributed by atoms with van der Waals surface area (Å²) in [5.41, 5.74) is 2.66. The van der Waals surface area contributed by atoms with Crippen molar-refractivity contribution in [2.45, 2.75) is 18.8 Å². The van der Waals surface area contributed by atoms with E-state index in [1.165, 1.54) is 10.6 Å². The van der Waals surface area contributed by atoms with E-state index < -0.39 is 10.0 Å². The zero-order valence-corrected chi connectivity index (χ0v) is 22.0. The van der Waals surface area contributed by atoms with Gasteiger partial charge in [-0.15, -0.1) is 0 Å². The van der Waals surface area contributed by atoms with E-state index in [0.717, 1.165) is 5.82 Å². The molecule has 11 heteroatoms. The number of imidazole rings is 1. The molecule has 6 rings (SSSR count). The molecule has 0 bridgehead atoms. The fourth-order valence-electron chi connectivity index (χ4n) is 4.92. The molecule has 0 spiro atoms. The average Bonchev–Trinajstić information content (AvgIpc) is 3.53. The minimum Gasteiger partial charge on any atom is -0.457 e. The third-order valence-electron chi connectivity index (χ3n) is 6.89. The van der Waals surface area contributed by atoms with Crippen molar-refractivity contribution in [1.29, 1.82) is 0 Å². The van der Waals surface area contributed by atoms with E-state index in [2.05, 4.69) is 15.0 Å². The van der Waals surface area contributed by atoms with Gasteiger partial charge in [0.2, 0.25) is 10.0 Å². The van der Waals surface area contributed by atoms with E-state index in [1.807, 2.05) is 30.3 Å². The average molecular weight is 550 g/mol. The summed E-state index contributed by atoms with van der Waals surface area (Å²) in [5.74, 6) is 1.79. The van der Waals surface area contributed by atoms with Gasteiger partial charge in [-0.2, -0.15) is 0 Å². The second-order valence-electron chi connectivity index (χ2n) is 9.39. The molecule has 4 heterocycles. The van der Waals surface area contributed by atoms with Crippen LogP contribution in [0, 0.1) is 0 Å². The van der Waals surface area contributed by atoms with Gasteiger partial charge in [-0.3, -0.25) is 4.79 Å². The second-order valence-corrected chi connectivity index (χ2v) is 11.8. The number of nitrogens with zero attached hydrogens (tertiary/aromatic N) is 3. The van der Waals surface area contributed by atoms with Gasteiger partial charge in [0.1, 0.15) is 28.5 Å². The number of hydrogen-bond donors (Lipinski definition) is 2. The maximum Gasteiger partial charge on any atom is 0.211 e. The second kappa shape index (κ2) is 9.54. The summed E-state index contributed by atoms with van der Waals surface area (Å²) < 4.78 is 31.1. The monoisotopic (exact) mass is 549 g/mol. The van der Waals surface area contributed by atoms with Gasteiger partial charge in [0, 0.05) is 36.8 Å². The standard InChI is InChI=1S/C27H24ClN5O4S/c1-38(35,36)33-11-9-16(10-12-33)26-31-22-15-30-27-23(24(22)32-26)20(14-29-27)25(34)19-8-7-18(13-21(19)28)37-17-5-3-2-4-6-17/h2-8,13-16H,9-12H2,1H3,(H,29,30)(H,31,32). The number of H-pyrrole nitrogens is 2. The molecular formula is C27H24ClN5O4S. The van der Waals surface area contributed by atoms with Crippen LogP contribution in [-0.2, 0) is 10.0 Å². The highest BCUT2D eigenvalue weighted by Crippen LogP contribution is 2.34. The summed E-state index contributed by atoms with van der Waals surface area (Å²) in [6.07, 6.45) is 5.87. The van der Waals surface area contributed by atoms with Crippen molar-refractivity contribution < 1.29 is 17.9 Å². The lowest BCUT2D eigenvalue weighted by Gasteiger charge is -2.29. The van der Waals surface area contributed by atoms with Crippen LogP contribution in [0.5, 0.6) is 11.5 Å². The number of aromatic amines is 2. The molecule has 9 nitrogen and oxygen atoms in total. The number of fused-ring (bicyclic) bond motifs is 3. The van der Waals surface area contributed by atoms with E-state index in [0.29, 0.717) is 70.6 Å². The topological polar surface area (TPSA) is 121 Å². The van der Waals surface area contributed by atoms with Crippen molar-refractivity contribution in [1.82, 2.24) is 24.2 Å². The van der Waals surface area contributed by atoms with Crippen LogP contribution < -0.4 is 4.74 Å². The van der Waals surface area contributed by atoms with Crippen molar-refractivity contribution >= 4 is 49.5 Å². The van der Waals surface area contributed by atoms with E-state index in [4.69, 9.17) is 21.3 Å². The van der Waals surface area contributed by atoms with Crippen molar-refractivity contribution in [3.8, 4) is 11.5 Å². The van der Waals surface area contributed by atoms with Gasteiger partial charge in [0.25, 0.3) is 0 Å².